The number of hydrogen-bond donors (Lipinski definition) is 2. The van der Waals surface area contributed by atoms with Crippen molar-refractivity contribution in [3.8, 4) is 5.75 Å². The van der Waals surface area contributed by atoms with Crippen LogP contribution in [0.3, 0.4) is 0 Å². The lowest BCUT2D eigenvalue weighted by molar-refractivity contribution is -0.138. The number of ether oxygens (including phenoxy) is 1. The third kappa shape index (κ3) is 5.16. The van der Waals surface area contributed by atoms with Crippen LogP contribution < -0.4 is 4.74 Å². The van der Waals surface area contributed by atoms with Crippen molar-refractivity contribution < 1.29 is 33.5 Å². The standard InChI is InChI=1S/C28H32BNO7/c1-17(12-20-9-10-21(15-31)36-20)8-11-24-25-18(16-35-19-6-4-3-5-7-19)13-22-26(23(25)14-29(34)37-24)28(33)30(2)27(22)32/h3-7,9-10,12,22-24,26,31,34H,8,11,13-16H2,1-2H3/b17-12+/t22-,23+,24-,26-/m1/s1. The molecule has 2 aliphatic heterocycles. The van der Waals surface area contributed by atoms with Gasteiger partial charge in [0, 0.05) is 7.05 Å². The summed E-state index contributed by atoms with van der Waals surface area (Å²) in [6.45, 7) is 2.14. The lowest BCUT2D eigenvalue weighted by Crippen LogP contribution is -2.46. The van der Waals surface area contributed by atoms with E-state index in [1.165, 1.54) is 4.90 Å². The highest BCUT2D eigenvalue weighted by atomic mass is 16.5. The first-order valence-electron chi connectivity index (χ1n) is 12.8. The number of hydrogen-bond acceptors (Lipinski definition) is 7. The molecule has 194 valence electrons. The van der Waals surface area contributed by atoms with E-state index in [2.05, 4.69) is 0 Å². The number of aliphatic hydroxyl groups is 1. The van der Waals surface area contributed by atoms with Crippen molar-refractivity contribution in [1.82, 2.24) is 4.90 Å². The minimum atomic E-state index is -1.01. The average Bonchev–Trinajstić information content (AvgIpc) is 3.44. The van der Waals surface area contributed by atoms with Gasteiger partial charge < -0.3 is 23.9 Å². The second-order valence-corrected chi connectivity index (χ2v) is 10.1. The molecule has 2 saturated heterocycles. The van der Waals surface area contributed by atoms with E-state index in [4.69, 9.17) is 13.8 Å². The zero-order chi connectivity index (χ0) is 26.1. The summed E-state index contributed by atoms with van der Waals surface area (Å²) in [4.78, 5) is 27.3. The van der Waals surface area contributed by atoms with E-state index in [0.29, 0.717) is 37.4 Å². The number of likely N-dealkylation sites (tertiary alicyclic amines) is 1. The Morgan fingerprint density at radius 2 is 1.95 bits per heavy atom. The third-order valence-corrected chi connectivity index (χ3v) is 7.71. The van der Waals surface area contributed by atoms with Gasteiger partial charge in [0.1, 0.15) is 30.5 Å². The summed E-state index contributed by atoms with van der Waals surface area (Å²) < 4.78 is 17.7. The average molecular weight is 505 g/mol. The molecule has 37 heavy (non-hydrogen) atoms. The summed E-state index contributed by atoms with van der Waals surface area (Å²) in [6.07, 6.45) is 3.53. The van der Waals surface area contributed by atoms with E-state index in [0.717, 1.165) is 22.5 Å². The smallest absolute Gasteiger partial charge is 0.455 e. The highest BCUT2D eigenvalue weighted by Crippen LogP contribution is 2.50. The monoisotopic (exact) mass is 505 g/mol. The maximum Gasteiger partial charge on any atom is 0.455 e. The van der Waals surface area contributed by atoms with E-state index in [9.17, 15) is 19.7 Å². The topological polar surface area (TPSA) is 109 Å². The summed E-state index contributed by atoms with van der Waals surface area (Å²) in [5, 5.41) is 19.9. The Kier molecular flexibility index (Phi) is 7.37. The van der Waals surface area contributed by atoms with Crippen LogP contribution >= 0.6 is 0 Å². The summed E-state index contributed by atoms with van der Waals surface area (Å²) in [5.74, 6) is 0.367. The molecule has 2 N–H and O–H groups in total. The van der Waals surface area contributed by atoms with Gasteiger partial charge in [0.15, 0.2) is 0 Å². The first kappa shape index (κ1) is 25.5. The largest absolute Gasteiger partial charge is 0.489 e. The number of carbonyl (C=O) groups excluding carboxylic acids is 2. The molecule has 1 aromatic carbocycles. The maximum atomic E-state index is 13.1. The summed E-state index contributed by atoms with van der Waals surface area (Å²) in [6, 6.07) is 13.1. The van der Waals surface area contributed by atoms with E-state index < -0.39 is 25.1 Å². The fourth-order valence-corrected chi connectivity index (χ4v) is 5.97. The van der Waals surface area contributed by atoms with Crippen molar-refractivity contribution in [2.75, 3.05) is 13.7 Å². The molecule has 3 heterocycles. The molecule has 2 amide bonds. The number of para-hydroxylation sites is 1. The van der Waals surface area contributed by atoms with Crippen molar-refractivity contribution in [1.29, 1.82) is 0 Å². The third-order valence-electron chi connectivity index (χ3n) is 7.71. The Labute approximate surface area is 216 Å². The van der Waals surface area contributed by atoms with Crippen LogP contribution in [0.5, 0.6) is 5.75 Å². The SMILES string of the molecule is C/C(=C\c1ccc(CO)o1)CC[C@H]1OB(O)C[C@H]2C1=C(COc1ccccc1)C[C@H]1C(=O)N(C)C(=O)[C@H]12. The predicted molar refractivity (Wildman–Crippen MR) is 137 cm³/mol. The number of fused-ring (bicyclic) bond motifs is 3. The number of allylic oxidation sites excluding steroid dienone is 1. The van der Waals surface area contributed by atoms with Crippen LogP contribution in [0.25, 0.3) is 6.08 Å². The molecular formula is C28H32BNO7. The molecule has 1 aromatic heterocycles. The van der Waals surface area contributed by atoms with Gasteiger partial charge in [0.25, 0.3) is 0 Å². The highest BCUT2D eigenvalue weighted by molar-refractivity contribution is 6.43. The molecular weight excluding hydrogens is 473 g/mol. The minimum absolute atomic E-state index is 0.150. The summed E-state index contributed by atoms with van der Waals surface area (Å²) >= 11 is 0. The Morgan fingerprint density at radius 1 is 1.16 bits per heavy atom. The predicted octanol–water partition coefficient (Wildman–Crippen LogP) is 3.46. The summed E-state index contributed by atoms with van der Waals surface area (Å²) in [7, 11) is 0.533. The lowest BCUT2D eigenvalue weighted by Gasteiger charge is -2.43. The number of amides is 2. The normalized spacial score (nSPS) is 26.0. The molecule has 8 nitrogen and oxygen atoms in total. The Morgan fingerprint density at radius 3 is 2.68 bits per heavy atom. The van der Waals surface area contributed by atoms with Crippen LogP contribution in [-0.2, 0) is 20.9 Å². The second kappa shape index (κ2) is 10.7. The van der Waals surface area contributed by atoms with Gasteiger partial charge in [-0.15, -0.1) is 0 Å². The molecule has 5 rings (SSSR count). The van der Waals surface area contributed by atoms with Crippen LogP contribution in [-0.4, -0.2) is 53.7 Å². The molecule has 3 aliphatic rings. The first-order chi connectivity index (χ1) is 17.9. The molecule has 9 heteroatoms. The second-order valence-electron chi connectivity index (χ2n) is 10.1. The van der Waals surface area contributed by atoms with Crippen molar-refractivity contribution in [3.63, 3.8) is 0 Å². The first-order valence-corrected chi connectivity index (χ1v) is 12.8. The molecule has 2 aromatic rings. The number of nitrogens with zero attached hydrogens (tertiary/aromatic N) is 1. The number of benzene rings is 1. The Hall–Kier alpha value is -3.14. The molecule has 1 aliphatic carbocycles. The lowest BCUT2D eigenvalue weighted by atomic mass is 9.58. The Balaban J connectivity index is 1.42. The molecule has 2 fully saturated rings. The molecule has 4 atom stereocenters. The van der Waals surface area contributed by atoms with Crippen molar-refractivity contribution in [2.24, 2.45) is 17.8 Å². The van der Waals surface area contributed by atoms with Gasteiger partial charge in [0.2, 0.25) is 11.8 Å². The van der Waals surface area contributed by atoms with Gasteiger partial charge >= 0.3 is 7.12 Å². The van der Waals surface area contributed by atoms with Gasteiger partial charge in [-0.05, 0) is 79.9 Å². The number of aliphatic hydroxyl groups excluding tert-OH is 1. The Bertz CT molecular complexity index is 1220. The van der Waals surface area contributed by atoms with Crippen LogP contribution in [0.2, 0.25) is 6.32 Å². The number of rotatable bonds is 8. The van der Waals surface area contributed by atoms with E-state index in [-0.39, 0.29) is 30.7 Å². The van der Waals surface area contributed by atoms with Crippen LogP contribution in [0.15, 0.2) is 63.6 Å². The summed E-state index contributed by atoms with van der Waals surface area (Å²) in [5.41, 5.74) is 3.03. The van der Waals surface area contributed by atoms with Gasteiger partial charge in [-0.25, -0.2) is 0 Å². The fourth-order valence-electron chi connectivity index (χ4n) is 5.97. The quantitative estimate of drug-likeness (QED) is 0.321. The zero-order valence-electron chi connectivity index (χ0n) is 21.1. The minimum Gasteiger partial charge on any atom is -0.489 e. The van der Waals surface area contributed by atoms with E-state index in [1.807, 2.05) is 49.4 Å². The van der Waals surface area contributed by atoms with E-state index >= 15 is 0 Å². The fraction of sp³-hybridized carbons (Fsp3) is 0.429. The van der Waals surface area contributed by atoms with Gasteiger partial charge in [0.05, 0.1) is 17.9 Å². The van der Waals surface area contributed by atoms with E-state index in [1.54, 1.807) is 13.1 Å². The zero-order valence-corrected chi connectivity index (χ0v) is 21.1. The molecule has 0 radical (unpaired) electrons. The van der Waals surface area contributed by atoms with Crippen molar-refractivity contribution in [3.05, 3.63) is 70.7 Å². The molecule has 0 bridgehead atoms. The van der Waals surface area contributed by atoms with Crippen molar-refractivity contribution >= 4 is 25.0 Å². The molecule has 0 saturated carbocycles. The number of imide groups is 1. The van der Waals surface area contributed by atoms with Gasteiger partial charge in [-0.2, -0.15) is 0 Å². The highest BCUT2D eigenvalue weighted by Gasteiger charge is 2.56. The molecule has 0 spiro atoms. The van der Waals surface area contributed by atoms with Crippen LogP contribution in [0, 0.1) is 17.8 Å². The van der Waals surface area contributed by atoms with Crippen LogP contribution in [0.4, 0.5) is 0 Å². The molecule has 0 unspecified atom stereocenters. The van der Waals surface area contributed by atoms with Gasteiger partial charge in [-0.3, -0.25) is 14.5 Å². The number of furan rings is 1. The van der Waals surface area contributed by atoms with Crippen LogP contribution in [0.1, 0.15) is 37.7 Å². The van der Waals surface area contributed by atoms with Crippen molar-refractivity contribution in [2.45, 2.75) is 45.2 Å². The van der Waals surface area contributed by atoms with Gasteiger partial charge in [-0.1, -0.05) is 23.8 Å². The maximum absolute atomic E-state index is 13.1. The number of carbonyl (C=O) groups is 2.